The van der Waals surface area contributed by atoms with Crippen molar-refractivity contribution >= 4 is 28.1 Å². The van der Waals surface area contributed by atoms with E-state index in [1.807, 2.05) is 24.4 Å². The van der Waals surface area contributed by atoms with E-state index in [4.69, 9.17) is 22.7 Å². The third-order valence-electron chi connectivity index (χ3n) is 2.15. The van der Waals surface area contributed by atoms with Crippen molar-refractivity contribution in [3.63, 3.8) is 0 Å². The van der Waals surface area contributed by atoms with Crippen molar-refractivity contribution in [2.75, 3.05) is 7.11 Å². The van der Waals surface area contributed by atoms with Crippen LogP contribution in [-0.4, -0.2) is 17.1 Å². The van der Waals surface area contributed by atoms with Gasteiger partial charge in [-0.15, -0.1) is 0 Å². The zero-order valence-corrected chi connectivity index (χ0v) is 8.52. The number of hydrogen-bond acceptors (Lipinski definition) is 2. The number of methoxy groups -OCH3 is 1. The quantitative estimate of drug-likeness (QED) is 0.737. The van der Waals surface area contributed by atoms with Gasteiger partial charge in [0, 0.05) is 28.7 Å². The highest BCUT2D eigenvalue weighted by molar-refractivity contribution is 7.80. The first-order valence-electron chi connectivity index (χ1n) is 4.17. The summed E-state index contributed by atoms with van der Waals surface area (Å²) in [4.78, 5) is 3.50. The Morgan fingerprint density at radius 1 is 1.50 bits per heavy atom. The average Bonchev–Trinajstić information content (AvgIpc) is 2.59. The summed E-state index contributed by atoms with van der Waals surface area (Å²) in [6, 6.07) is 5.74. The molecular weight excluding hydrogens is 196 g/mol. The highest BCUT2D eigenvalue weighted by Crippen LogP contribution is 2.22. The minimum absolute atomic E-state index is 0.404. The predicted octanol–water partition coefficient (Wildman–Crippen LogP) is 1.81. The monoisotopic (exact) mass is 206 g/mol. The first kappa shape index (κ1) is 9.02. The summed E-state index contributed by atoms with van der Waals surface area (Å²) in [5.41, 5.74) is 7.43. The summed E-state index contributed by atoms with van der Waals surface area (Å²) in [5.74, 6) is 0.814. The van der Waals surface area contributed by atoms with Gasteiger partial charge in [-0.3, -0.25) is 0 Å². The molecule has 0 fully saturated rings. The minimum Gasteiger partial charge on any atom is -0.497 e. The fourth-order valence-electron chi connectivity index (χ4n) is 1.44. The van der Waals surface area contributed by atoms with Crippen LogP contribution in [0.25, 0.3) is 10.9 Å². The van der Waals surface area contributed by atoms with E-state index in [9.17, 15) is 0 Å². The van der Waals surface area contributed by atoms with E-state index in [2.05, 4.69) is 4.98 Å². The molecule has 0 aliphatic heterocycles. The van der Waals surface area contributed by atoms with Gasteiger partial charge in [-0.2, -0.15) is 0 Å². The molecule has 3 N–H and O–H groups in total. The lowest BCUT2D eigenvalue weighted by Crippen LogP contribution is -2.08. The van der Waals surface area contributed by atoms with Crippen LogP contribution in [0.5, 0.6) is 5.75 Å². The second kappa shape index (κ2) is 3.31. The molecule has 0 saturated carbocycles. The standard InChI is InChI=1S/C10H10N2OS/c1-13-6-2-3-7-8(10(11)14)5-12-9(7)4-6/h2-5,12H,1H3,(H2,11,14). The Labute approximate surface area is 86.9 Å². The Balaban J connectivity index is 2.65. The first-order chi connectivity index (χ1) is 6.72. The minimum atomic E-state index is 0.404. The number of H-pyrrole nitrogens is 1. The van der Waals surface area contributed by atoms with Gasteiger partial charge < -0.3 is 15.5 Å². The van der Waals surface area contributed by atoms with Crippen molar-refractivity contribution in [3.8, 4) is 5.75 Å². The molecule has 1 aromatic carbocycles. The Kier molecular flexibility index (Phi) is 2.13. The molecule has 0 atom stereocenters. The normalized spacial score (nSPS) is 10.4. The molecule has 14 heavy (non-hydrogen) atoms. The maximum atomic E-state index is 5.58. The number of aromatic amines is 1. The molecule has 0 unspecified atom stereocenters. The molecule has 0 aliphatic rings. The number of thiocarbonyl (C=S) groups is 1. The van der Waals surface area contributed by atoms with Crippen molar-refractivity contribution in [3.05, 3.63) is 30.0 Å². The summed E-state index contributed by atoms with van der Waals surface area (Å²) in [6.07, 6.45) is 1.81. The first-order valence-corrected chi connectivity index (χ1v) is 4.58. The Morgan fingerprint density at radius 2 is 2.29 bits per heavy atom. The maximum Gasteiger partial charge on any atom is 0.120 e. The number of nitrogens with two attached hydrogens (primary N) is 1. The average molecular weight is 206 g/mol. The molecule has 0 amide bonds. The molecule has 0 spiro atoms. The molecular formula is C10H10N2OS. The van der Waals surface area contributed by atoms with Gasteiger partial charge in [0.25, 0.3) is 0 Å². The highest BCUT2D eigenvalue weighted by atomic mass is 32.1. The van der Waals surface area contributed by atoms with Crippen LogP contribution < -0.4 is 10.5 Å². The summed E-state index contributed by atoms with van der Waals surface area (Å²) in [5, 5.41) is 1.03. The van der Waals surface area contributed by atoms with E-state index in [1.54, 1.807) is 7.11 Å². The number of fused-ring (bicyclic) bond motifs is 1. The van der Waals surface area contributed by atoms with Gasteiger partial charge in [0.15, 0.2) is 0 Å². The van der Waals surface area contributed by atoms with Crippen LogP contribution in [0, 0.1) is 0 Å². The molecule has 0 radical (unpaired) electrons. The Morgan fingerprint density at radius 3 is 2.93 bits per heavy atom. The predicted molar refractivity (Wildman–Crippen MR) is 60.7 cm³/mol. The van der Waals surface area contributed by atoms with E-state index in [0.29, 0.717) is 4.99 Å². The zero-order valence-electron chi connectivity index (χ0n) is 7.70. The Bertz CT molecular complexity index is 490. The molecule has 4 heteroatoms. The Hall–Kier alpha value is -1.55. The van der Waals surface area contributed by atoms with Crippen LogP contribution in [0.4, 0.5) is 0 Å². The number of benzene rings is 1. The van der Waals surface area contributed by atoms with Crippen molar-refractivity contribution in [2.45, 2.75) is 0 Å². The van der Waals surface area contributed by atoms with E-state index < -0.39 is 0 Å². The summed E-state index contributed by atoms with van der Waals surface area (Å²) in [7, 11) is 1.64. The second-order valence-corrected chi connectivity index (χ2v) is 3.42. The maximum absolute atomic E-state index is 5.58. The molecule has 2 rings (SSSR count). The molecule has 72 valence electrons. The topological polar surface area (TPSA) is 51.0 Å². The highest BCUT2D eigenvalue weighted by Gasteiger charge is 2.05. The van der Waals surface area contributed by atoms with Crippen LogP contribution >= 0.6 is 12.2 Å². The number of rotatable bonds is 2. The number of nitrogens with one attached hydrogen (secondary N) is 1. The van der Waals surface area contributed by atoms with E-state index in [0.717, 1.165) is 22.2 Å². The lowest BCUT2D eigenvalue weighted by atomic mass is 10.2. The van der Waals surface area contributed by atoms with Crippen LogP contribution in [-0.2, 0) is 0 Å². The van der Waals surface area contributed by atoms with Crippen LogP contribution in [0.3, 0.4) is 0 Å². The van der Waals surface area contributed by atoms with Crippen LogP contribution in [0.15, 0.2) is 24.4 Å². The summed E-state index contributed by atoms with van der Waals surface area (Å²) < 4.78 is 5.11. The molecule has 0 saturated heterocycles. The smallest absolute Gasteiger partial charge is 0.120 e. The fraction of sp³-hybridized carbons (Fsp3) is 0.100. The number of aromatic nitrogens is 1. The summed E-state index contributed by atoms with van der Waals surface area (Å²) >= 11 is 4.93. The summed E-state index contributed by atoms with van der Waals surface area (Å²) in [6.45, 7) is 0. The van der Waals surface area contributed by atoms with Gasteiger partial charge in [0.05, 0.1) is 7.11 Å². The van der Waals surface area contributed by atoms with Crippen molar-refractivity contribution < 1.29 is 4.74 Å². The van der Waals surface area contributed by atoms with Gasteiger partial charge in [0.2, 0.25) is 0 Å². The van der Waals surface area contributed by atoms with Gasteiger partial charge in [-0.25, -0.2) is 0 Å². The SMILES string of the molecule is COc1ccc2c(C(N)=S)c[nH]c2c1. The molecule has 3 nitrogen and oxygen atoms in total. The van der Waals surface area contributed by atoms with Crippen LogP contribution in [0.1, 0.15) is 5.56 Å². The molecule has 0 bridgehead atoms. The lowest BCUT2D eigenvalue weighted by Gasteiger charge is -1.99. The molecule has 2 aromatic rings. The third-order valence-corrected chi connectivity index (χ3v) is 2.37. The largest absolute Gasteiger partial charge is 0.497 e. The zero-order chi connectivity index (χ0) is 10.1. The fourth-order valence-corrected chi connectivity index (χ4v) is 1.61. The molecule has 1 heterocycles. The third kappa shape index (κ3) is 1.33. The van der Waals surface area contributed by atoms with Gasteiger partial charge in [-0.1, -0.05) is 12.2 Å². The van der Waals surface area contributed by atoms with Gasteiger partial charge in [0.1, 0.15) is 10.7 Å². The van der Waals surface area contributed by atoms with Crippen molar-refractivity contribution in [1.29, 1.82) is 0 Å². The van der Waals surface area contributed by atoms with E-state index in [1.165, 1.54) is 0 Å². The lowest BCUT2D eigenvalue weighted by molar-refractivity contribution is 0.415. The van der Waals surface area contributed by atoms with E-state index >= 15 is 0 Å². The van der Waals surface area contributed by atoms with Crippen LogP contribution in [0.2, 0.25) is 0 Å². The molecule has 1 aromatic heterocycles. The molecule has 0 aliphatic carbocycles. The van der Waals surface area contributed by atoms with Gasteiger partial charge in [-0.05, 0) is 12.1 Å². The number of hydrogen-bond donors (Lipinski definition) is 2. The van der Waals surface area contributed by atoms with Crippen molar-refractivity contribution in [1.82, 2.24) is 4.98 Å². The number of ether oxygens (including phenoxy) is 1. The second-order valence-electron chi connectivity index (χ2n) is 2.98. The van der Waals surface area contributed by atoms with Gasteiger partial charge >= 0.3 is 0 Å². The van der Waals surface area contributed by atoms with Crippen molar-refractivity contribution in [2.24, 2.45) is 5.73 Å². The van der Waals surface area contributed by atoms with E-state index in [-0.39, 0.29) is 0 Å².